The highest BCUT2D eigenvalue weighted by atomic mass is 16.5. The van der Waals surface area contributed by atoms with Crippen molar-refractivity contribution in [1.82, 2.24) is 25.7 Å². The van der Waals surface area contributed by atoms with Gasteiger partial charge in [-0.1, -0.05) is 6.07 Å². The van der Waals surface area contributed by atoms with Crippen molar-refractivity contribution >= 4 is 23.6 Å². The van der Waals surface area contributed by atoms with Gasteiger partial charge in [-0.15, -0.1) is 10.2 Å². The van der Waals surface area contributed by atoms with Crippen LogP contribution in [0.1, 0.15) is 51.7 Å². The van der Waals surface area contributed by atoms with Crippen LogP contribution >= 0.6 is 0 Å². The van der Waals surface area contributed by atoms with Crippen molar-refractivity contribution in [1.29, 1.82) is 0 Å². The fourth-order valence-corrected chi connectivity index (χ4v) is 3.72. The summed E-state index contributed by atoms with van der Waals surface area (Å²) in [5.74, 6) is -1.46. The van der Waals surface area contributed by atoms with Gasteiger partial charge in [0, 0.05) is 31.1 Å². The topological polar surface area (TPSA) is 131 Å². The Kier molecular flexibility index (Phi) is 5.72. The first-order valence-electron chi connectivity index (χ1n) is 9.96. The largest absolute Gasteiger partial charge is 0.477 e. The third-order valence-corrected chi connectivity index (χ3v) is 5.26. The predicted octanol–water partition coefficient (Wildman–Crippen LogP) is 0.566. The number of piperidine rings is 1. The van der Waals surface area contributed by atoms with Crippen LogP contribution in [0.4, 0.5) is 0 Å². The maximum absolute atomic E-state index is 12.5. The van der Waals surface area contributed by atoms with Crippen molar-refractivity contribution in [3.63, 3.8) is 0 Å². The molecule has 4 amide bonds. The second-order valence-corrected chi connectivity index (χ2v) is 7.33. The molecule has 1 fully saturated rings. The van der Waals surface area contributed by atoms with Crippen LogP contribution in [0.25, 0.3) is 0 Å². The normalized spacial score (nSPS) is 18.3. The molecule has 0 radical (unpaired) electrons. The van der Waals surface area contributed by atoms with Gasteiger partial charge in [-0.05, 0) is 42.7 Å². The lowest BCUT2D eigenvalue weighted by atomic mass is 10.0. The van der Waals surface area contributed by atoms with E-state index >= 15 is 0 Å². The molecule has 160 valence electrons. The lowest BCUT2D eigenvalue weighted by Gasteiger charge is -2.29. The van der Waals surface area contributed by atoms with E-state index in [4.69, 9.17) is 4.74 Å². The highest BCUT2D eigenvalue weighted by Crippen LogP contribution is 2.28. The Morgan fingerprint density at radius 1 is 1.13 bits per heavy atom. The van der Waals surface area contributed by atoms with Crippen molar-refractivity contribution in [3.05, 3.63) is 52.7 Å². The number of hydrogen-bond donors (Lipinski definition) is 2. The minimum Gasteiger partial charge on any atom is -0.477 e. The Morgan fingerprint density at radius 3 is 2.65 bits per heavy atom. The van der Waals surface area contributed by atoms with Crippen LogP contribution in [0.2, 0.25) is 0 Å². The quantitative estimate of drug-likeness (QED) is 0.668. The van der Waals surface area contributed by atoms with Crippen molar-refractivity contribution in [3.8, 4) is 5.88 Å². The van der Waals surface area contributed by atoms with Gasteiger partial charge in [-0.3, -0.25) is 34.7 Å². The molecule has 4 rings (SSSR count). The van der Waals surface area contributed by atoms with Gasteiger partial charge >= 0.3 is 0 Å². The third kappa shape index (κ3) is 4.43. The molecular weight excluding hydrogens is 402 g/mol. The molecule has 3 heterocycles. The van der Waals surface area contributed by atoms with E-state index in [1.165, 1.54) is 12.1 Å². The third-order valence-electron chi connectivity index (χ3n) is 5.26. The number of amides is 4. The Bertz CT molecular complexity index is 1050. The van der Waals surface area contributed by atoms with Gasteiger partial charge < -0.3 is 4.74 Å². The van der Waals surface area contributed by atoms with Crippen molar-refractivity contribution in [2.24, 2.45) is 0 Å². The van der Waals surface area contributed by atoms with E-state index in [0.717, 1.165) is 11.1 Å². The van der Waals surface area contributed by atoms with E-state index in [9.17, 15) is 19.2 Å². The molecule has 0 saturated carbocycles. The molecule has 1 saturated heterocycles. The minimum absolute atomic E-state index is 0.00185. The number of ether oxygens (including phenoxy) is 1. The second-order valence-electron chi connectivity index (χ2n) is 7.33. The van der Waals surface area contributed by atoms with Crippen LogP contribution in [-0.4, -0.2) is 51.4 Å². The fraction of sp³-hybridized carbons (Fsp3) is 0.333. The zero-order valence-corrected chi connectivity index (χ0v) is 16.9. The molecule has 0 bridgehead atoms. The molecule has 1 unspecified atom stereocenters. The van der Waals surface area contributed by atoms with Gasteiger partial charge in [0.1, 0.15) is 0 Å². The van der Waals surface area contributed by atoms with Gasteiger partial charge in [0.2, 0.25) is 17.7 Å². The Hall–Kier alpha value is -3.66. The van der Waals surface area contributed by atoms with Crippen LogP contribution in [0.3, 0.4) is 0 Å². The molecular formula is C21H21N5O5. The molecule has 1 aromatic carbocycles. The molecule has 0 aliphatic carbocycles. The average molecular weight is 423 g/mol. The summed E-state index contributed by atoms with van der Waals surface area (Å²) in [5.41, 5.74) is 2.24. The highest BCUT2D eigenvalue weighted by Gasteiger charge is 2.34. The highest BCUT2D eigenvalue weighted by molar-refractivity contribution is 6.09. The Labute approximate surface area is 178 Å². The lowest BCUT2D eigenvalue weighted by Crippen LogP contribution is -2.50. The number of carbonyl (C=O) groups excluding carboxylic acids is 4. The number of imide groups is 2. The zero-order valence-electron chi connectivity index (χ0n) is 16.9. The molecule has 1 aromatic heterocycles. The summed E-state index contributed by atoms with van der Waals surface area (Å²) in [4.78, 5) is 50.3. The maximum atomic E-state index is 12.5. The standard InChI is InChI=1S/C21H21N5O5/c1-2-31-18-8-5-15(24-25-18)20(29)23-19(28)12-3-4-13-10-26(11-14(13)9-12)16-6-7-17(27)22-21(16)30/h3-5,8-9,16H,2,6-7,10-11H2,1H3,(H,22,27,30)(H,23,28,29). The monoisotopic (exact) mass is 423 g/mol. The van der Waals surface area contributed by atoms with Crippen molar-refractivity contribution in [2.45, 2.75) is 38.9 Å². The summed E-state index contributed by atoms with van der Waals surface area (Å²) >= 11 is 0. The predicted molar refractivity (Wildman–Crippen MR) is 107 cm³/mol. The minimum atomic E-state index is -0.661. The molecule has 2 aliphatic rings. The number of hydrogen-bond acceptors (Lipinski definition) is 8. The molecule has 1 atom stereocenters. The summed E-state index contributed by atoms with van der Waals surface area (Å²) in [6, 6.07) is 7.74. The lowest BCUT2D eigenvalue weighted by molar-refractivity contribution is -0.137. The maximum Gasteiger partial charge on any atom is 0.278 e. The number of fused-ring (bicyclic) bond motifs is 1. The number of benzene rings is 1. The van der Waals surface area contributed by atoms with Gasteiger partial charge in [-0.2, -0.15) is 0 Å². The summed E-state index contributed by atoms with van der Waals surface area (Å²) in [6.45, 7) is 3.28. The molecule has 2 aromatic rings. The first kappa shape index (κ1) is 20.6. The number of aromatic nitrogens is 2. The first-order valence-corrected chi connectivity index (χ1v) is 9.96. The first-order chi connectivity index (χ1) is 14.9. The molecule has 2 aliphatic heterocycles. The van der Waals surface area contributed by atoms with Crippen LogP contribution in [0, 0.1) is 0 Å². The molecule has 31 heavy (non-hydrogen) atoms. The number of rotatable bonds is 5. The van der Waals surface area contributed by atoms with Crippen LogP contribution in [0.15, 0.2) is 30.3 Å². The number of nitrogens with zero attached hydrogens (tertiary/aromatic N) is 3. The summed E-state index contributed by atoms with van der Waals surface area (Å²) < 4.78 is 5.18. The van der Waals surface area contributed by atoms with Gasteiger partial charge in [0.05, 0.1) is 12.6 Å². The zero-order chi connectivity index (χ0) is 22.0. The van der Waals surface area contributed by atoms with Crippen molar-refractivity contribution in [2.75, 3.05) is 6.61 Å². The fourth-order valence-electron chi connectivity index (χ4n) is 3.72. The summed E-state index contributed by atoms with van der Waals surface area (Å²) in [7, 11) is 0. The molecule has 10 heteroatoms. The number of nitrogens with one attached hydrogen (secondary N) is 2. The van der Waals surface area contributed by atoms with E-state index in [1.807, 2.05) is 17.9 Å². The number of carbonyl (C=O) groups is 4. The SMILES string of the molecule is CCOc1ccc(C(=O)NC(=O)c2ccc3c(c2)CN(C2CCC(=O)NC2=O)C3)nn1. The summed E-state index contributed by atoms with van der Waals surface area (Å²) in [6.07, 6.45) is 0.789. The smallest absolute Gasteiger partial charge is 0.278 e. The van der Waals surface area contributed by atoms with E-state index < -0.39 is 11.8 Å². The van der Waals surface area contributed by atoms with Crippen LogP contribution in [-0.2, 0) is 22.7 Å². The van der Waals surface area contributed by atoms with Crippen LogP contribution < -0.4 is 15.4 Å². The molecule has 2 N–H and O–H groups in total. The summed E-state index contributed by atoms with van der Waals surface area (Å²) in [5, 5.41) is 12.2. The molecule has 0 spiro atoms. The van der Waals surface area contributed by atoms with E-state index in [-0.39, 0.29) is 23.6 Å². The van der Waals surface area contributed by atoms with Crippen molar-refractivity contribution < 1.29 is 23.9 Å². The van der Waals surface area contributed by atoms with Gasteiger partial charge in [-0.25, -0.2) is 0 Å². The Morgan fingerprint density at radius 2 is 1.94 bits per heavy atom. The Balaban J connectivity index is 1.40. The van der Waals surface area contributed by atoms with E-state index in [0.29, 0.717) is 44.0 Å². The second kappa shape index (κ2) is 8.60. The average Bonchev–Trinajstić information content (AvgIpc) is 3.17. The van der Waals surface area contributed by atoms with E-state index in [1.54, 1.807) is 12.1 Å². The van der Waals surface area contributed by atoms with Gasteiger partial charge in [0.15, 0.2) is 5.69 Å². The van der Waals surface area contributed by atoms with Gasteiger partial charge in [0.25, 0.3) is 11.8 Å². The van der Waals surface area contributed by atoms with Crippen LogP contribution in [0.5, 0.6) is 5.88 Å². The van der Waals surface area contributed by atoms with E-state index in [2.05, 4.69) is 20.8 Å². The molecule has 10 nitrogen and oxygen atoms in total.